The highest BCUT2D eigenvalue weighted by Gasteiger charge is 2.24. The van der Waals surface area contributed by atoms with Gasteiger partial charge in [0.2, 0.25) is 5.91 Å². The number of carbonyl (C=O) groups excluding carboxylic acids is 2. The SMILES string of the molecule is CCCCC/C=C\C/C=C\C/C=C\C/C=C\CCCC(CC(=O)NC(CO)C(O)CCCCCCCCCCCCCCCC)OC(=O)CCCCCCC/C=C/C=C/CCCCCCCCC. The maximum atomic E-state index is 13.3. The minimum absolute atomic E-state index is 0.0320. The van der Waals surface area contributed by atoms with E-state index in [1.165, 1.54) is 148 Å². The van der Waals surface area contributed by atoms with E-state index in [2.05, 4.69) is 99.0 Å². The Labute approximate surface area is 421 Å². The van der Waals surface area contributed by atoms with E-state index in [1.54, 1.807) is 0 Å². The topological polar surface area (TPSA) is 95.9 Å². The van der Waals surface area contributed by atoms with Crippen LogP contribution in [0.3, 0.4) is 0 Å². The number of carbonyl (C=O) groups is 2. The highest BCUT2D eigenvalue weighted by molar-refractivity contribution is 5.77. The fourth-order valence-electron chi connectivity index (χ4n) is 8.59. The second-order valence-corrected chi connectivity index (χ2v) is 19.7. The lowest BCUT2D eigenvalue weighted by Gasteiger charge is -2.24. The third-order valence-corrected chi connectivity index (χ3v) is 13.0. The van der Waals surface area contributed by atoms with E-state index in [9.17, 15) is 19.8 Å². The molecule has 3 atom stereocenters. The van der Waals surface area contributed by atoms with Crippen LogP contribution in [-0.4, -0.2) is 46.9 Å². The summed E-state index contributed by atoms with van der Waals surface area (Å²) >= 11 is 0. The molecule has 0 aromatic rings. The Kier molecular flexibility index (Phi) is 53.0. The van der Waals surface area contributed by atoms with Gasteiger partial charge in [-0.05, 0) is 89.9 Å². The first-order valence-electron chi connectivity index (χ1n) is 29.2. The van der Waals surface area contributed by atoms with Crippen molar-refractivity contribution in [1.29, 1.82) is 0 Å². The molecule has 0 bridgehead atoms. The smallest absolute Gasteiger partial charge is 0.306 e. The monoisotopic (exact) mass is 950 g/mol. The average Bonchev–Trinajstić information content (AvgIpc) is 3.33. The minimum Gasteiger partial charge on any atom is -0.462 e. The van der Waals surface area contributed by atoms with E-state index < -0.39 is 18.2 Å². The number of ether oxygens (including phenoxy) is 1. The van der Waals surface area contributed by atoms with Gasteiger partial charge < -0.3 is 20.3 Å². The molecule has 0 rings (SSSR count). The van der Waals surface area contributed by atoms with Crippen LogP contribution >= 0.6 is 0 Å². The molecule has 394 valence electrons. The van der Waals surface area contributed by atoms with Gasteiger partial charge in [0.25, 0.3) is 0 Å². The molecule has 0 fully saturated rings. The van der Waals surface area contributed by atoms with Gasteiger partial charge in [0.05, 0.1) is 25.2 Å². The normalized spacial score (nSPS) is 13.7. The highest BCUT2D eigenvalue weighted by Crippen LogP contribution is 2.17. The van der Waals surface area contributed by atoms with Crippen molar-refractivity contribution in [2.24, 2.45) is 0 Å². The molecule has 0 aliphatic heterocycles. The van der Waals surface area contributed by atoms with Crippen LogP contribution in [0.1, 0.15) is 284 Å². The second kappa shape index (κ2) is 55.2. The molecule has 0 spiro atoms. The van der Waals surface area contributed by atoms with Crippen molar-refractivity contribution >= 4 is 11.9 Å². The van der Waals surface area contributed by atoms with Gasteiger partial charge in [0.1, 0.15) is 6.10 Å². The van der Waals surface area contributed by atoms with E-state index in [0.29, 0.717) is 19.3 Å². The fourth-order valence-corrected chi connectivity index (χ4v) is 8.59. The molecule has 0 aromatic carbocycles. The molecule has 0 heterocycles. The van der Waals surface area contributed by atoms with Crippen LogP contribution in [0.4, 0.5) is 0 Å². The molecule has 0 aromatic heterocycles. The first-order valence-corrected chi connectivity index (χ1v) is 29.2. The van der Waals surface area contributed by atoms with Crippen molar-refractivity contribution in [3.05, 3.63) is 72.9 Å². The average molecular weight is 951 g/mol. The second-order valence-electron chi connectivity index (χ2n) is 19.7. The Morgan fingerprint density at radius 1 is 0.441 bits per heavy atom. The lowest BCUT2D eigenvalue weighted by atomic mass is 10.0. The molecule has 0 aliphatic carbocycles. The summed E-state index contributed by atoms with van der Waals surface area (Å²) in [7, 11) is 0. The lowest BCUT2D eigenvalue weighted by Crippen LogP contribution is -2.46. The molecule has 3 unspecified atom stereocenters. The largest absolute Gasteiger partial charge is 0.462 e. The number of allylic oxidation sites excluding steroid dienone is 12. The molecular formula is C62H111NO5. The van der Waals surface area contributed by atoms with Crippen molar-refractivity contribution < 1.29 is 24.5 Å². The molecule has 0 saturated heterocycles. The van der Waals surface area contributed by atoms with E-state index in [0.717, 1.165) is 89.9 Å². The van der Waals surface area contributed by atoms with Crippen molar-refractivity contribution in [1.82, 2.24) is 5.32 Å². The zero-order valence-corrected chi connectivity index (χ0v) is 45.0. The van der Waals surface area contributed by atoms with E-state index in [4.69, 9.17) is 4.74 Å². The summed E-state index contributed by atoms with van der Waals surface area (Å²) < 4.78 is 5.93. The van der Waals surface area contributed by atoms with Gasteiger partial charge >= 0.3 is 5.97 Å². The van der Waals surface area contributed by atoms with Crippen LogP contribution in [0, 0.1) is 0 Å². The molecule has 0 aliphatic rings. The summed E-state index contributed by atoms with van der Waals surface area (Å²) in [5, 5.41) is 23.9. The first kappa shape index (κ1) is 65.3. The zero-order chi connectivity index (χ0) is 49.5. The number of nitrogens with one attached hydrogen (secondary N) is 1. The number of unbranched alkanes of at least 4 members (excludes halogenated alkanes) is 29. The molecule has 1 amide bonds. The van der Waals surface area contributed by atoms with Crippen molar-refractivity contribution in [2.45, 2.75) is 302 Å². The van der Waals surface area contributed by atoms with Crippen LogP contribution in [0.25, 0.3) is 0 Å². The van der Waals surface area contributed by atoms with Crippen LogP contribution in [0.5, 0.6) is 0 Å². The third kappa shape index (κ3) is 49.7. The first-order chi connectivity index (χ1) is 33.5. The standard InChI is InChI=1S/C62H111NO5/c1-4-7-10-13-16-19-22-25-28-30-32-34-37-40-43-46-49-52-55-62(67)68-58(53-50-47-44-41-38-35-33-31-29-26-23-20-17-14-11-8-5-2)56-61(66)63-59(57-64)60(65)54-51-48-45-42-39-36-27-24-21-18-15-12-9-6-3/h17,20,26,28-30,32-35,41,44,58-60,64-65H,4-16,18-19,21-25,27,31,36-40,42-43,45-57H2,1-3H3,(H,63,66)/b20-17-,29-26-,30-28+,34-32+,35-33-,44-41-. The van der Waals surface area contributed by atoms with Gasteiger partial charge in [0.15, 0.2) is 0 Å². The van der Waals surface area contributed by atoms with E-state index in [1.807, 2.05) is 0 Å². The molecule has 3 N–H and O–H groups in total. The predicted octanol–water partition coefficient (Wildman–Crippen LogP) is 18.1. The Morgan fingerprint density at radius 2 is 0.809 bits per heavy atom. The Hall–Kier alpha value is -2.70. The van der Waals surface area contributed by atoms with E-state index in [-0.39, 0.29) is 24.9 Å². The minimum atomic E-state index is -0.808. The summed E-state index contributed by atoms with van der Waals surface area (Å²) in [6.07, 6.45) is 71.1. The van der Waals surface area contributed by atoms with Gasteiger partial charge in [-0.25, -0.2) is 0 Å². The highest BCUT2D eigenvalue weighted by atomic mass is 16.5. The molecule has 0 saturated carbocycles. The molecular weight excluding hydrogens is 839 g/mol. The van der Waals surface area contributed by atoms with Crippen molar-refractivity contribution in [2.75, 3.05) is 6.61 Å². The Morgan fingerprint density at radius 3 is 1.28 bits per heavy atom. The number of hydrogen-bond acceptors (Lipinski definition) is 5. The maximum Gasteiger partial charge on any atom is 0.306 e. The molecule has 6 nitrogen and oxygen atoms in total. The fraction of sp³-hybridized carbons (Fsp3) is 0.774. The Balaban J connectivity index is 4.69. The van der Waals surface area contributed by atoms with Crippen molar-refractivity contribution in [3.63, 3.8) is 0 Å². The van der Waals surface area contributed by atoms with Crippen LogP contribution in [0.2, 0.25) is 0 Å². The van der Waals surface area contributed by atoms with Gasteiger partial charge in [-0.3, -0.25) is 9.59 Å². The van der Waals surface area contributed by atoms with Crippen LogP contribution < -0.4 is 5.32 Å². The van der Waals surface area contributed by atoms with Crippen LogP contribution in [-0.2, 0) is 14.3 Å². The summed E-state index contributed by atoms with van der Waals surface area (Å²) in [5.74, 6) is -0.541. The van der Waals surface area contributed by atoms with Gasteiger partial charge in [-0.15, -0.1) is 0 Å². The van der Waals surface area contributed by atoms with Crippen LogP contribution in [0.15, 0.2) is 72.9 Å². The summed E-state index contributed by atoms with van der Waals surface area (Å²) in [5.41, 5.74) is 0. The predicted molar refractivity (Wildman–Crippen MR) is 296 cm³/mol. The molecule has 68 heavy (non-hydrogen) atoms. The number of amides is 1. The maximum absolute atomic E-state index is 13.3. The summed E-state index contributed by atoms with van der Waals surface area (Å²) in [4.78, 5) is 26.3. The Bertz CT molecular complexity index is 1250. The van der Waals surface area contributed by atoms with E-state index >= 15 is 0 Å². The number of aliphatic hydroxyl groups excluding tert-OH is 2. The van der Waals surface area contributed by atoms with Gasteiger partial charge in [-0.1, -0.05) is 254 Å². The molecule has 0 radical (unpaired) electrons. The number of hydrogen-bond donors (Lipinski definition) is 3. The number of rotatable bonds is 52. The quantitative estimate of drug-likeness (QED) is 0.0244. The number of esters is 1. The van der Waals surface area contributed by atoms with Gasteiger partial charge in [0, 0.05) is 6.42 Å². The summed E-state index contributed by atoms with van der Waals surface area (Å²) in [6.45, 7) is 6.45. The summed E-state index contributed by atoms with van der Waals surface area (Å²) in [6, 6.07) is -0.726. The lowest BCUT2D eigenvalue weighted by molar-refractivity contribution is -0.151. The third-order valence-electron chi connectivity index (χ3n) is 13.0. The zero-order valence-electron chi connectivity index (χ0n) is 45.0. The molecule has 6 heteroatoms. The van der Waals surface area contributed by atoms with Crippen molar-refractivity contribution in [3.8, 4) is 0 Å². The van der Waals surface area contributed by atoms with Gasteiger partial charge in [-0.2, -0.15) is 0 Å². The number of aliphatic hydroxyl groups is 2.